The minimum Gasteiger partial charge on any atom is -0.311 e. The molecule has 2 rings (SSSR count). The standard InChI is InChI=1S/C14H27NS/c1-3-11-7-8-13(9-11)15-12-5-4-6-14(10-12)16-2/h11-15H,3-10H2,1-2H3. The zero-order chi connectivity index (χ0) is 11.4. The van der Waals surface area contributed by atoms with E-state index in [9.17, 15) is 0 Å². The Morgan fingerprint density at radius 1 is 1.06 bits per heavy atom. The Morgan fingerprint density at radius 3 is 2.56 bits per heavy atom. The molecule has 2 saturated carbocycles. The summed E-state index contributed by atoms with van der Waals surface area (Å²) in [6, 6.07) is 1.67. The van der Waals surface area contributed by atoms with E-state index in [1.807, 2.05) is 0 Å². The number of hydrogen-bond donors (Lipinski definition) is 1. The topological polar surface area (TPSA) is 12.0 Å². The second-order valence-corrected chi connectivity index (χ2v) is 6.81. The molecule has 94 valence electrons. The third kappa shape index (κ3) is 3.40. The van der Waals surface area contributed by atoms with Crippen LogP contribution < -0.4 is 5.32 Å². The Hall–Kier alpha value is 0.310. The van der Waals surface area contributed by atoms with Crippen molar-refractivity contribution in [3.63, 3.8) is 0 Å². The maximum Gasteiger partial charge on any atom is 0.00801 e. The van der Waals surface area contributed by atoms with Gasteiger partial charge in [0.1, 0.15) is 0 Å². The molecule has 2 aliphatic carbocycles. The van der Waals surface area contributed by atoms with Crippen molar-refractivity contribution in [2.75, 3.05) is 6.26 Å². The molecular weight excluding hydrogens is 214 g/mol. The molecular formula is C14H27NS. The molecule has 4 unspecified atom stereocenters. The van der Waals surface area contributed by atoms with E-state index in [-0.39, 0.29) is 0 Å². The van der Waals surface area contributed by atoms with E-state index in [0.717, 1.165) is 23.3 Å². The first-order valence-corrected chi connectivity index (χ1v) is 8.39. The van der Waals surface area contributed by atoms with Gasteiger partial charge in [0.2, 0.25) is 0 Å². The van der Waals surface area contributed by atoms with E-state index in [1.54, 1.807) is 0 Å². The van der Waals surface area contributed by atoms with Crippen LogP contribution in [0.1, 0.15) is 58.3 Å². The molecule has 0 aliphatic heterocycles. The van der Waals surface area contributed by atoms with Gasteiger partial charge in [-0.3, -0.25) is 0 Å². The molecule has 4 atom stereocenters. The van der Waals surface area contributed by atoms with Gasteiger partial charge >= 0.3 is 0 Å². The summed E-state index contributed by atoms with van der Waals surface area (Å²) in [7, 11) is 0. The van der Waals surface area contributed by atoms with E-state index in [0.29, 0.717) is 0 Å². The highest BCUT2D eigenvalue weighted by Gasteiger charge is 2.27. The van der Waals surface area contributed by atoms with Crippen molar-refractivity contribution in [3.05, 3.63) is 0 Å². The number of nitrogens with one attached hydrogen (secondary N) is 1. The highest BCUT2D eigenvalue weighted by Crippen LogP contribution is 2.31. The van der Waals surface area contributed by atoms with Gasteiger partial charge in [-0.15, -0.1) is 0 Å². The smallest absolute Gasteiger partial charge is 0.00801 e. The van der Waals surface area contributed by atoms with Gasteiger partial charge in [0.15, 0.2) is 0 Å². The SMILES string of the molecule is CCC1CCC(NC2CCCC(SC)C2)C1. The van der Waals surface area contributed by atoms with Gasteiger partial charge in [0.25, 0.3) is 0 Å². The zero-order valence-corrected chi connectivity index (χ0v) is 11.7. The van der Waals surface area contributed by atoms with Crippen molar-refractivity contribution >= 4 is 11.8 Å². The Kier molecular flexibility index (Phi) is 5.02. The van der Waals surface area contributed by atoms with Crippen LogP contribution in [0.3, 0.4) is 0 Å². The monoisotopic (exact) mass is 241 g/mol. The van der Waals surface area contributed by atoms with Gasteiger partial charge in [-0.25, -0.2) is 0 Å². The van der Waals surface area contributed by atoms with Gasteiger partial charge in [-0.2, -0.15) is 11.8 Å². The summed E-state index contributed by atoms with van der Waals surface area (Å²) in [6.45, 7) is 2.34. The summed E-state index contributed by atoms with van der Waals surface area (Å²) in [5.74, 6) is 1.01. The van der Waals surface area contributed by atoms with Crippen LogP contribution in [-0.2, 0) is 0 Å². The quantitative estimate of drug-likeness (QED) is 0.803. The van der Waals surface area contributed by atoms with Crippen molar-refractivity contribution in [1.82, 2.24) is 5.32 Å². The maximum atomic E-state index is 3.93. The lowest BCUT2D eigenvalue weighted by atomic mass is 9.94. The van der Waals surface area contributed by atoms with Gasteiger partial charge in [-0.05, 0) is 50.7 Å². The first-order valence-electron chi connectivity index (χ1n) is 7.10. The molecule has 0 bridgehead atoms. The maximum absolute atomic E-state index is 3.93. The lowest BCUT2D eigenvalue weighted by Crippen LogP contribution is -2.40. The fraction of sp³-hybridized carbons (Fsp3) is 1.00. The summed E-state index contributed by atoms with van der Waals surface area (Å²) < 4.78 is 0. The van der Waals surface area contributed by atoms with Crippen LogP contribution in [0.25, 0.3) is 0 Å². The average molecular weight is 241 g/mol. The van der Waals surface area contributed by atoms with Crippen molar-refractivity contribution in [2.24, 2.45) is 5.92 Å². The molecule has 16 heavy (non-hydrogen) atoms. The molecule has 2 fully saturated rings. The normalized spacial score (nSPS) is 40.1. The average Bonchev–Trinajstić information content (AvgIpc) is 2.77. The van der Waals surface area contributed by atoms with Gasteiger partial charge in [-0.1, -0.05) is 19.8 Å². The molecule has 0 aromatic rings. The van der Waals surface area contributed by atoms with Gasteiger partial charge < -0.3 is 5.32 Å². The Balaban J connectivity index is 1.73. The Bertz CT molecular complexity index is 207. The van der Waals surface area contributed by atoms with Crippen LogP contribution in [0.4, 0.5) is 0 Å². The second kappa shape index (κ2) is 6.30. The minimum atomic E-state index is 0.826. The molecule has 1 N–H and O–H groups in total. The van der Waals surface area contributed by atoms with Crippen LogP contribution in [0.15, 0.2) is 0 Å². The summed E-state index contributed by atoms with van der Waals surface area (Å²) in [4.78, 5) is 0. The van der Waals surface area contributed by atoms with Crippen molar-refractivity contribution in [1.29, 1.82) is 0 Å². The predicted octanol–water partition coefficient (Wildman–Crippen LogP) is 3.83. The van der Waals surface area contributed by atoms with Crippen LogP contribution in [0.2, 0.25) is 0 Å². The lowest BCUT2D eigenvalue weighted by molar-refractivity contribution is 0.337. The molecule has 0 heterocycles. The number of rotatable bonds is 4. The van der Waals surface area contributed by atoms with Crippen LogP contribution in [0.5, 0.6) is 0 Å². The van der Waals surface area contributed by atoms with Crippen molar-refractivity contribution in [3.8, 4) is 0 Å². The summed E-state index contributed by atoms with van der Waals surface area (Å²) in [5.41, 5.74) is 0. The number of hydrogen-bond acceptors (Lipinski definition) is 2. The Labute approximate surface area is 105 Å². The first kappa shape index (κ1) is 12.8. The van der Waals surface area contributed by atoms with E-state index in [2.05, 4.69) is 30.3 Å². The second-order valence-electron chi connectivity index (χ2n) is 5.67. The van der Waals surface area contributed by atoms with Gasteiger partial charge in [0.05, 0.1) is 0 Å². The molecule has 0 amide bonds. The summed E-state index contributed by atoms with van der Waals surface area (Å²) in [5, 5.41) is 4.86. The third-order valence-electron chi connectivity index (χ3n) is 4.55. The van der Waals surface area contributed by atoms with E-state index in [1.165, 1.54) is 51.4 Å². The molecule has 0 spiro atoms. The lowest BCUT2D eigenvalue weighted by Gasteiger charge is -2.31. The predicted molar refractivity (Wildman–Crippen MR) is 74.1 cm³/mol. The zero-order valence-electron chi connectivity index (χ0n) is 10.9. The van der Waals surface area contributed by atoms with Crippen molar-refractivity contribution < 1.29 is 0 Å². The highest BCUT2D eigenvalue weighted by molar-refractivity contribution is 7.99. The molecule has 2 heteroatoms. The molecule has 0 aromatic carbocycles. The van der Waals surface area contributed by atoms with Gasteiger partial charge in [0, 0.05) is 17.3 Å². The van der Waals surface area contributed by atoms with Crippen LogP contribution in [0, 0.1) is 5.92 Å². The largest absolute Gasteiger partial charge is 0.311 e. The number of thioether (sulfide) groups is 1. The highest BCUT2D eigenvalue weighted by atomic mass is 32.2. The molecule has 2 aliphatic rings. The molecule has 0 saturated heterocycles. The fourth-order valence-electron chi connectivity index (χ4n) is 3.44. The first-order chi connectivity index (χ1) is 7.81. The summed E-state index contributed by atoms with van der Waals surface area (Å²) >= 11 is 2.07. The van der Waals surface area contributed by atoms with Crippen LogP contribution in [-0.4, -0.2) is 23.6 Å². The molecule has 1 nitrogen and oxygen atoms in total. The summed E-state index contributed by atoms with van der Waals surface area (Å²) in [6.07, 6.45) is 13.7. The van der Waals surface area contributed by atoms with Crippen LogP contribution >= 0.6 is 11.8 Å². The molecule has 0 radical (unpaired) electrons. The van der Waals surface area contributed by atoms with E-state index < -0.39 is 0 Å². The molecule has 0 aromatic heterocycles. The minimum absolute atomic E-state index is 0.826. The Morgan fingerprint density at radius 2 is 1.88 bits per heavy atom. The van der Waals surface area contributed by atoms with E-state index in [4.69, 9.17) is 0 Å². The third-order valence-corrected chi connectivity index (χ3v) is 5.64. The fourth-order valence-corrected chi connectivity index (χ4v) is 4.27. The van der Waals surface area contributed by atoms with E-state index >= 15 is 0 Å². The van der Waals surface area contributed by atoms with Crippen molar-refractivity contribution in [2.45, 2.75) is 75.6 Å².